The van der Waals surface area contributed by atoms with Crippen LogP contribution in [0.2, 0.25) is 0 Å². The molecule has 0 aliphatic rings. The van der Waals surface area contributed by atoms with Crippen LogP contribution in [0.15, 0.2) is 60.7 Å². The van der Waals surface area contributed by atoms with Gasteiger partial charge in [0.15, 0.2) is 0 Å². The lowest BCUT2D eigenvalue weighted by atomic mass is 9.97. The van der Waals surface area contributed by atoms with Gasteiger partial charge in [0.1, 0.15) is 6.61 Å². The first kappa shape index (κ1) is 17.0. The molecule has 2 rings (SSSR count). The second kappa shape index (κ2) is 8.31. The molecule has 0 aliphatic carbocycles. The molecule has 0 spiro atoms. The quantitative estimate of drug-likeness (QED) is 0.686. The first-order valence-electron chi connectivity index (χ1n) is 7.51. The normalized spacial score (nSPS) is 13.1. The van der Waals surface area contributed by atoms with Crippen LogP contribution < -0.4 is 10.9 Å². The van der Waals surface area contributed by atoms with Crippen molar-refractivity contribution < 1.29 is 14.6 Å². The number of rotatable bonds is 7. The molecule has 1 atom stereocenters. The fourth-order valence-corrected chi connectivity index (χ4v) is 2.16. The van der Waals surface area contributed by atoms with Crippen molar-refractivity contribution in [3.8, 4) is 0 Å². The second-order valence-corrected chi connectivity index (χ2v) is 5.70. The van der Waals surface area contributed by atoms with Crippen molar-refractivity contribution in [3.63, 3.8) is 0 Å². The highest BCUT2D eigenvalue weighted by Crippen LogP contribution is 2.11. The summed E-state index contributed by atoms with van der Waals surface area (Å²) in [6.45, 7) is 2.13. The van der Waals surface area contributed by atoms with Crippen LogP contribution in [0.3, 0.4) is 0 Å². The Kier molecular flexibility index (Phi) is 6.14. The highest BCUT2D eigenvalue weighted by Gasteiger charge is 2.20. The van der Waals surface area contributed by atoms with Crippen molar-refractivity contribution in [3.05, 3.63) is 71.8 Å². The van der Waals surface area contributed by atoms with Crippen molar-refractivity contribution in [1.82, 2.24) is 10.9 Å². The molecule has 0 heterocycles. The number of nitrogens with one attached hydrogen (secondary N) is 2. The van der Waals surface area contributed by atoms with E-state index in [-0.39, 0.29) is 13.2 Å². The number of hydrogen-bond donors (Lipinski definition) is 3. The van der Waals surface area contributed by atoms with Gasteiger partial charge in [0.2, 0.25) is 0 Å². The molecule has 0 aliphatic heterocycles. The molecular weight excluding hydrogens is 292 g/mol. The third kappa shape index (κ3) is 6.50. The van der Waals surface area contributed by atoms with Gasteiger partial charge in [0, 0.05) is 13.0 Å². The van der Waals surface area contributed by atoms with Crippen LogP contribution in [0.4, 0.5) is 4.79 Å². The van der Waals surface area contributed by atoms with Gasteiger partial charge in [-0.2, -0.15) is 0 Å². The fourth-order valence-electron chi connectivity index (χ4n) is 2.16. The Bertz CT molecular complexity index is 600. The summed E-state index contributed by atoms with van der Waals surface area (Å²) in [6, 6.07) is 19.1. The van der Waals surface area contributed by atoms with E-state index in [1.807, 2.05) is 60.7 Å². The van der Waals surface area contributed by atoms with Gasteiger partial charge >= 0.3 is 6.09 Å². The van der Waals surface area contributed by atoms with Crippen LogP contribution >= 0.6 is 0 Å². The van der Waals surface area contributed by atoms with Gasteiger partial charge in [-0.05, 0) is 18.1 Å². The standard InChI is InChI=1S/C18H22N2O3/c1-18(22,12-15-8-4-2-5-9-15)14-19-20-17(21)23-13-16-10-6-3-7-11-16/h2-11,19,22H,12-14H2,1H3,(H,20,21)/t18-/m1/s1. The van der Waals surface area contributed by atoms with Crippen molar-refractivity contribution in [2.45, 2.75) is 25.6 Å². The van der Waals surface area contributed by atoms with E-state index in [4.69, 9.17) is 4.74 Å². The molecule has 0 radical (unpaired) electrons. The van der Waals surface area contributed by atoms with Gasteiger partial charge in [0.05, 0.1) is 5.60 Å². The molecule has 5 nitrogen and oxygen atoms in total. The number of hydrazine groups is 1. The van der Waals surface area contributed by atoms with Crippen LogP contribution in [-0.4, -0.2) is 23.3 Å². The summed E-state index contributed by atoms with van der Waals surface area (Å²) < 4.78 is 5.07. The molecule has 2 aromatic carbocycles. The number of aliphatic hydroxyl groups is 1. The predicted octanol–water partition coefficient (Wildman–Crippen LogP) is 2.41. The highest BCUT2D eigenvalue weighted by atomic mass is 16.6. The minimum absolute atomic E-state index is 0.203. The van der Waals surface area contributed by atoms with Gasteiger partial charge < -0.3 is 9.84 Å². The summed E-state index contributed by atoms with van der Waals surface area (Å²) in [4.78, 5) is 11.6. The van der Waals surface area contributed by atoms with Crippen LogP contribution in [0.1, 0.15) is 18.1 Å². The Hall–Kier alpha value is -2.37. The summed E-state index contributed by atoms with van der Waals surface area (Å²) >= 11 is 0. The Labute approximate surface area is 136 Å². The third-order valence-corrected chi connectivity index (χ3v) is 3.30. The summed E-state index contributed by atoms with van der Waals surface area (Å²) in [5.74, 6) is 0. The summed E-state index contributed by atoms with van der Waals surface area (Å²) in [5.41, 5.74) is 6.10. The highest BCUT2D eigenvalue weighted by molar-refractivity contribution is 5.66. The summed E-state index contributed by atoms with van der Waals surface area (Å²) in [7, 11) is 0. The molecule has 0 unspecified atom stereocenters. The average molecular weight is 314 g/mol. The Morgan fingerprint density at radius 2 is 1.61 bits per heavy atom. The maximum Gasteiger partial charge on any atom is 0.421 e. The molecule has 0 fully saturated rings. The molecular formula is C18H22N2O3. The van der Waals surface area contributed by atoms with Crippen molar-refractivity contribution in [2.75, 3.05) is 6.54 Å². The molecule has 122 valence electrons. The van der Waals surface area contributed by atoms with Crippen molar-refractivity contribution in [2.24, 2.45) is 0 Å². The lowest BCUT2D eigenvalue weighted by molar-refractivity contribution is 0.0549. The number of amides is 1. The maximum absolute atomic E-state index is 11.6. The monoisotopic (exact) mass is 314 g/mol. The van der Waals surface area contributed by atoms with E-state index < -0.39 is 11.7 Å². The van der Waals surface area contributed by atoms with E-state index in [1.165, 1.54) is 0 Å². The zero-order valence-electron chi connectivity index (χ0n) is 13.2. The Morgan fingerprint density at radius 3 is 2.22 bits per heavy atom. The molecule has 23 heavy (non-hydrogen) atoms. The summed E-state index contributed by atoms with van der Waals surface area (Å²) in [5, 5.41) is 10.3. The first-order valence-corrected chi connectivity index (χ1v) is 7.51. The molecule has 0 saturated carbocycles. The van der Waals surface area contributed by atoms with E-state index in [1.54, 1.807) is 6.92 Å². The number of ether oxygens (including phenoxy) is 1. The van der Waals surface area contributed by atoms with Crippen LogP contribution in [0.5, 0.6) is 0 Å². The van der Waals surface area contributed by atoms with Gasteiger partial charge in [-0.1, -0.05) is 60.7 Å². The third-order valence-electron chi connectivity index (χ3n) is 3.30. The van der Waals surface area contributed by atoms with E-state index in [2.05, 4.69) is 10.9 Å². The largest absolute Gasteiger partial charge is 0.444 e. The van der Waals surface area contributed by atoms with Crippen LogP contribution in [-0.2, 0) is 17.8 Å². The lowest BCUT2D eigenvalue weighted by Crippen LogP contribution is -2.47. The van der Waals surface area contributed by atoms with Gasteiger partial charge in [0.25, 0.3) is 0 Å². The van der Waals surface area contributed by atoms with Crippen LogP contribution in [0.25, 0.3) is 0 Å². The first-order chi connectivity index (χ1) is 11.1. The zero-order chi connectivity index (χ0) is 16.5. The summed E-state index contributed by atoms with van der Waals surface area (Å²) in [6.07, 6.45) is -0.0916. The van der Waals surface area contributed by atoms with Crippen molar-refractivity contribution >= 4 is 6.09 Å². The molecule has 1 amide bonds. The topological polar surface area (TPSA) is 70.6 Å². The van der Waals surface area contributed by atoms with Crippen molar-refractivity contribution in [1.29, 1.82) is 0 Å². The zero-order valence-corrected chi connectivity index (χ0v) is 13.2. The fraction of sp³-hybridized carbons (Fsp3) is 0.278. The smallest absolute Gasteiger partial charge is 0.421 e. The second-order valence-electron chi connectivity index (χ2n) is 5.70. The molecule has 5 heteroatoms. The molecule has 0 bridgehead atoms. The lowest BCUT2D eigenvalue weighted by Gasteiger charge is -2.23. The molecule has 3 N–H and O–H groups in total. The average Bonchev–Trinajstić information content (AvgIpc) is 2.54. The SMILES string of the molecule is C[C@](O)(CNNC(=O)OCc1ccccc1)Cc1ccccc1. The number of carbonyl (C=O) groups excluding carboxylic acids is 1. The predicted molar refractivity (Wildman–Crippen MR) is 88.5 cm³/mol. The minimum Gasteiger partial charge on any atom is -0.444 e. The van der Waals surface area contributed by atoms with E-state index in [0.717, 1.165) is 11.1 Å². The van der Waals surface area contributed by atoms with E-state index in [9.17, 15) is 9.90 Å². The van der Waals surface area contributed by atoms with Gasteiger partial charge in [-0.25, -0.2) is 10.2 Å². The van der Waals surface area contributed by atoms with E-state index >= 15 is 0 Å². The number of benzene rings is 2. The Morgan fingerprint density at radius 1 is 1.04 bits per heavy atom. The minimum atomic E-state index is -0.978. The number of carbonyl (C=O) groups is 1. The molecule has 2 aromatic rings. The molecule has 0 saturated heterocycles. The maximum atomic E-state index is 11.6. The van der Waals surface area contributed by atoms with Gasteiger partial charge in [-0.3, -0.25) is 5.43 Å². The van der Waals surface area contributed by atoms with E-state index in [0.29, 0.717) is 6.42 Å². The van der Waals surface area contributed by atoms with Crippen LogP contribution in [0, 0.1) is 0 Å². The number of hydrogen-bond acceptors (Lipinski definition) is 4. The Balaban J connectivity index is 1.68. The van der Waals surface area contributed by atoms with Gasteiger partial charge in [-0.15, -0.1) is 0 Å². The molecule has 0 aromatic heterocycles.